The van der Waals surface area contributed by atoms with Crippen LogP contribution in [0, 0.1) is 0 Å². The summed E-state index contributed by atoms with van der Waals surface area (Å²) in [5, 5.41) is 21.7. The highest BCUT2D eigenvalue weighted by atomic mass is 32.2. The van der Waals surface area contributed by atoms with Gasteiger partial charge in [-0.15, -0.1) is 5.10 Å². The summed E-state index contributed by atoms with van der Waals surface area (Å²) in [4.78, 5) is 12.2. The predicted octanol–water partition coefficient (Wildman–Crippen LogP) is -0.716. The van der Waals surface area contributed by atoms with E-state index in [-0.39, 0.29) is 5.75 Å². The van der Waals surface area contributed by atoms with Gasteiger partial charge in [-0.1, -0.05) is 11.8 Å². The van der Waals surface area contributed by atoms with E-state index >= 15 is 0 Å². The molecule has 0 amide bonds. The van der Waals surface area contributed by atoms with E-state index in [2.05, 4.69) is 15.5 Å². The van der Waals surface area contributed by atoms with E-state index in [0.717, 1.165) is 18.3 Å². The molecule has 0 aliphatic carbocycles. The molecule has 1 rings (SSSR count). The third-order valence-corrected chi connectivity index (χ3v) is 2.51. The number of carbonyl (C=O) groups is 1. The molecule has 1 aromatic heterocycles. The van der Waals surface area contributed by atoms with Crippen molar-refractivity contribution in [2.24, 2.45) is 0 Å². The van der Waals surface area contributed by atoms with Crippen LogP contribution in [0.5, 0.6) is 0 Å². The average molecular weight is 230 g/mol. The van der Waals surface area contributed by atoms with Crippen LogP contribution >= 0.6 is 11.8 Å². The van der Waals surface area contributed by atoms with Crippen molar-refractivity contribution < 1.29 is 9.90 Å². The Hall–Kier alpha value is -1.15. The summed E-state index contributed by atoms with van der Waals surface area (Å²) in [5.74, 6) is -1.26. The van der Waals surface area contributed by atoms with E-state index < -0.39 is 5.97 Å². The van der Waals surface area contributed by atoms with E-state index in [1.54, 1.807) is 4.68 Å². The molecule has 0 aromatic carbocycles. The fourth-order valence-electron chi connectivity index (χ4n) is 0.858. The van der Waals surface area contributed by atoms with Crippen molar-refractivity contribution in [2.75, 3.05) is 26.4 Å². The van der Waals surface area contributed by atoms with Crippen LogP contribution in [-0.4, -0.2) is 57.5 Å². The molecule has 0 spiro atoms. The number of rotatable bonds is 6. The SMILES string of the molecule is CN(C)CCn1nnnc1SCC([O])=O. The summed E-state index contributed by atoms with van der Waals surface area (Å²) in [7, 11) is 3.89. The van der Waals surface area contributed by atoms with Gasteiger partial charge in [0.1, 0.15) is 5.75 Å². The number of aromatic nitrogens is 4. The first-order valence-electron chi connectivity index (χ1n) is 4.33. The van der Waals surface area contributed by atoms with Crippen LogP contribution in [0.4, 0.5) is 0 Å². The Morgan fingerprint density at radius 3 is 2.87 bits per heavy atom. The Labute approximate surface area is 91.4 Å². The van der Waals surface area contributed by atoms with Gasteiger partial charge in [0, 0.05) is 6.54 Å². The molecule has 0 aliphatic heterocycles. The Morgan fingerprint density at radius 2 is 2.27 bits per heavy atom. The minimum atomic E-state index is -1.12. The van der Waals surface area contributed by atoms with Crippen LogP contribution in [0.25, 0.3) is 0 Å². The molecule has 0 saturated carbocycles. The lowest BCUT2D eigenvalue weighted by atomic mass is 10.6. The number of carbonyl (C=O) groups excluding carboxylic acids is 1. The first kappa shape index (κ1) is 11.9. The molecule has 15 heavy (non-hydrogen) atoms. The molecule has 8 heteroatoms. The molecular weight excluding hydrogens is 218 g/mol. The quantitative estimate of drug-likeness (QED) is 0.600. The number of hydrogen-bond acceptors (Lipinski definition) is 6. The molecule has 0 unspecified atom stereocenters. The van der Waals surface area contributed by atoms with Gasteiger partial charge < -0.3 is 4.90 Å². The van der Waals surface area contributed by atoms with Gasteiger partial charge in [-0.25, -0.2) is 14.6 Å². The number of tetrazole rings is 1. The van der Waals surface area contributed by atoms with Gasteiger partial charge in [0.15, 0.2) is 0 Å². The molecule has 83 valence electrons. The number of hydrogen-bond donors (Lipinski definition) is 0. The van der Waals surface area contributed by atoms with Crippen LogP contribution in [-0.2, 0) is 16.4 Å². The van der Waals surface area contributed by atoms with Gasteiger partial charge in [-0.2, -0.15) is 0 Å². The zero-order chi connectivity index (χ0) is 11.3. The first-order valence-corrected chi connectivity index (χ1v) is 5.31. The fraction of sp³-hybridized carbons (Fsp3) is 0.714. The van der Waals surface area contributed by atoms with Gasteiger partial charge in [-0.05, 0) is 24.5 Å². The van der Waals surface area contributed by atoms with Crippen molar-refractivity contribution in [1.29, 1.82) is 0 Å². The summed E-state index contributed by atoms with van der Waals surface area (Å²) in [6, 6.07) is 0. The lowest BCUT2D eigenvalue weighted by Crippen LogP contribution is -2.19. The molecule has 0 saturated heterocycles. The number of likely N-dealkylation sites (N-methyl/N-ethyl adjacent to an activating group) is 1. The summed E-state index contributed by atoms with van der Waals surface area (Å²) in [6.07, 6.45) is 0. The Morgan fingerprint density at radius 1 is 1.53 bits per heavy atom. The second kappa shape index (κ2) is 5.66. The van der Waals surface area contributed by atoms with Crippen molar-refractivity contribution in [1.82, 2.24) is 25.1 Å². The number of nitrogens with zero attached hydrogens (tertiary/aromatic N) is 5. The monoisotopic (exact) mass is 230 g/mol. The van der Waals surface area contributed by atoms with Crippen molar-refractivity contribution in [3.8, 4) is 0 Å². The number of thioether (sulfide) groups is 1. The molecule has 0 fully saturated rings. The topological polar surface area (TPSA) is 83.8 Å². The fourth-order valence-corrected chi connectivity index (χ4v) is 1.48. The third kappa shape index (κ3) is 4.26. The van der Waals surface area contributed by atoms with Crippen molar-refractivity contribution in [3.05, 3.63) is 0 Å². The van der Waals surface area contributed by atoms with Crippen molar-refractivity contribution in [2.45, 2.75) is 11.7 Å². The molecular formula is C7H12N5O2S. The normalized spacial score (nSPS) is 10.9. The highest BCUT2D eigenvalue weighted by Crippen LogP contribution is 2.12. The smallest absolute Gasteiger partial charge is 0.308 e. The lowest BCUT2D eigenvalue weighted by Gasteiger charge is -2.09. The van der Waals surface area contributed by atoms with E-state index in [4.69, 9.17) is 0 Å². The Bertz CT molecular complexity index is 327. The van der Waals surface area contributed by atoms with E-state index in [9.17, 15) is 9.90 Å². The first-order chi connectivity index (χ1) is 7.09. The van der Waals surface area contributed by atoms with Crippen LogP contribution < -0.4 is 0 Å². The summed E-state index contributed by atoms with van der Waals surface area (Å²) in [6.45, 7) is 1.43. The minimum Gasteiger partial charge on any atom is -0.308 e. The lowest BCUT2D eigenvalue weighted by molar-refractivity contribution is -0.139. The maximum Gasteiger partial charge on any atom is 0.365 e. The van der Waals surface area contributed by atoms with E-state index in [1.165, 1.54) is 0 Å². The molecule has 7 nitrogen and oxygen atoms in total. The maximum atomic E-state index is 10.3. The van der Waals surface area contributed by atoms with Gasteiger partial charge in [0.25, 0.3) is 0 Å². The average Bonchev–Trinajstić information content (AvgIpc) is 2.58. The second-order valence-corrected chi connectivity index (χ2v) is 4.09. The molecule has 0 aliphatic rings. The molecule has 0 bridgehead atoms. The third-order valence-electron chi connectivity index (χ3n) is 1.58. The highest BCUT2D eigenvalue weighted by molar-refractivity contribution is 7.99. The van der Waals surface area contributed by atoms with E-state index in [0.29, 0.717) is 11.7 Å². The van der Waals surface area contributed by atoms with Crippen LogP contribution in [0.3, 0.4) is 0 Å². The van der Waals surface area contributed by atoms with Gasteiger partial charge in [0.2, 0.25) is 5.16 Å². The summed E-state index contributed by atoms with van der Waals surface area (Å²) < 4.78 is 1.58. The molecule has 0 atom stereocenters. The Balaban J connectivity index is 2.49. The molecule has 1 radical (unpaired) electrons. The van der Waals surface area contributed by atoms with Gasteiger partial charge >= 0.3 is 5.97 Å². The zero-order valence-electron chi connectivity index (χ0n) is 8.58. The van der Waals surface area contributed by atoms with Crippen LogP contribution in [0.1, 0.15) is 0 Å². The van der Waals surface area contributed by atoms with Crippen molar-refractivity contribution >= 4 is 17.7 Å². The predicted molar refractivity (Wildman–Crippen MR) is 52.8 cm³/mol. The highest BCUT2D eigenvalue weighted by Gasteiger charge is 2.09. The van der Waals surface area contributed by atoms with Crippen molar-refractivity contribution in [3.63, 3.8) is 0 Å². The Kier molecular flexibility index (Phi) is 4.50. The van der Waals surface area contributed by atoms with Gasteiger partial charge in [0.05, 0.1) is 6.54 Å². The molecule has 0 N–H and O–H groups in total. The molecule has 1 aromatic rings. The molecule has 1 heterocycles. The summed E-state index contributed by atoms with van der Waals surface area (Å²) >= 11 is 1.06. The largest absolute Gasteiger partial charge is 0.365 e. The maximum absolute atomic E-state index is 10.3. The summed E-state index contributed by atoms with van der Waals surface area (Å²) in [5.41, 5.74) is 0. The van der Waals surface area contributed by atoms with Gasteiger partial charge in [-0.3, -0.25) is 0 Å². The zero-order valence-corrected chi connectivity index (χ0v) is 9.40. The van der Waals surface area contributed by atoms with Crippen LogP contribution in [0.15, 0.2) is 5.16 Å². The standard InChI is InChI=1S/C7H12N5O2S/c1-11(2)3-4-12-7(8-9-10-12)15-5-6(13)14/h3-5H2,1-2H3. The van der Waals surface area contributed by atoms with E-state index in [1.807, 2.05) is 19.0 Å². The second-order valence-electron chi connectivity index (χ2n) is 3.15. The van der Waals surface area contributed by atoms with Crippen LogP contribution in [0.2, 0.25) is 0 Å². The minimum absolute atomic E-state index is 0.137.